The van der Waals surface area contributed by atoms with Gasteiger partial charge in [0.05, 0.1) is 12.6 Å². The van der Waals surface area contributed by atoms with E-state index >= 15 is 0 Å². The van der Waals surface area contributed by atoms with Crippen LogP contribution in [0.3, 0.4) is 0 Å². The lowest BCUT2D eigenvalue weighted by molar-refractivity contribution is -0.164. The maximum absolute atomic E-state index is 13.8. The molecule has 33 heavy (non-hydrogen) atoms. The molecule has 2 aromatic rings. The summed E-state index contributed by atoms with van der Waals surface area (Å²) in [7, 11) is 0. The molecule has 3 atom stereocenters. The predicted octanol–water partition coefficient (Wildman–Crippen LogP) is 4.69. The number of fused-ring (bicyclic) bond motifs is 1. The molecular formula is C24H24Cl2N2O5. The molecule has 1 fully saturated rings. The molecule has 2 unspecified atom stereocenters. The normalized spacial score (nSPS) is 23.2. The Hall–Kier alpha value is -2.61. The number of hydrogen-bond donors (Lipinski definition) is 1. The maximum Gasteiger partial charge on any atom is 0.325 e. The number of nitrogens with zero attached hydrogens (tertiary/aromatic N) is 2. The summed E-state index contributed by atoms with van der Waals surface area (Å²) in [5.74, 6) is -3.00. The van der Waals surface area contributed by atoms with Gasteiger partial charge in [-0.3, -0.25) is 19.4 Å². The van der Waals surface area contributed by atoms with Crippen LogP contribution in [0.15, 0.2) is 42.5 Å². The molecule has 9 heteroatoms. The molecule has 0 saturated carbocycles. The van der Waals surface area contributed by atoms with Crippen LogP contribution in [0.4, 0.5) is 0 Å². The van der Waals surface area contributed by atoms with Crippen molar-refractivity contribution >= 4 is 41.0 Å². The van der Waals surface area contributed by atoms with Crippen LogP contribution in [-0.2, 0) is 14.3 Å². The van der Waals surface area contributed by atoms with Gasteiger partial charge in [-0.2, -0.15) is 0 Å². The first-order chi connectivity index (χ1) is 15.8. The Morgan fingerprint density at radius 3 is 2.58 bits per heavy atom. The Bertz CT molecular complexity index is 1090. The number of piperidine rings is 1. The lowest BCUT2D eigenvalue weighted by atomic mass is 9.80. The quantitative estimate of drug-likeness (QED) is 0.611. The van der Waals surface area contributed by atoms with Gasteiger partial charge >= 0.3 is 11.9 Å². The molecule has 0 aliphatic carbocycles. The van der Waals surface area contributed by atoms with Crippen molar-refractivity contribution in [3.8, 4) is 0 Å². The van der Waals surface area contributed by atoms with Crippen LogP contribution in [0.5, 0.6) is 0 Å². The van der Waals surface area contributed by atoms with Crippen molar-refractivity contribution in [2.24, 2.45) is 0 Å². The van der Waals surface area contributed by atoms with Crippen molar-refractivity contribution in [2.75, 3.05) is 13.2 Å². The fraction of sp³-hybridized carbons (Fsp3) is 0.375. The van der Waals surface area contributed by atoms with Crippen LogP contribution >= 0.6 is 23.2 Å². The van der Waals surface area contributed by atoms with Crippen LogP contribution < -0.4 is 0 Å². The number of amides is 1. The molecular weight excluding hydrogens is 467 g/mol. The number of carboxylic acid groups (broad SMARTS) is 1. The number of halogens is 2. The molecule has 0 aromatic heterocycles. The lowest BCUT2D eigenvalue weighted by Gasteiger charge is -2.49. The molecule has 4 rings (SSSR count). The van der Waals surface area contributed by atoms with Gasteiger partial charge in [0.1, 0.15) is 12.0 Å². The number of hydrazine groups is 1. The highest BCUT2D eigenvalue weighted by molar-refractivity contribution is 6.35. The summed E-state index contributed by atoms with van der Waals surface area (Å²) in [4.78, 5) is 39.3. The van der Waals surface area contributed by atoms with Gasteiger partial charge in [0.2, 0.25) is 0 Å². The summed E-state index contributed by atoms with van der Waals surface area (Å²) >= 11 is 12.6. The minimum absolute atomic E-state index is 0.212. The lowest BCUT2D eigenvalue weighted by Crippen LogP contribution is -2.60. The standard InChI is InChI=1S/C24H24Cl2N2O5/c1-2-33-24(32)19-9-5-6-12-27(19)28-21(17-11-10-14(25)13-18(17)26)20(23(30)31)15-7-3-4-8-16(15)22(28)29/h3-4,7-8,10-11,13,19-21H,2,5-6,9,12H2,1H3,(H,30,31)/t19?,20?,21-/m0/s1. The molecule has 1 saturated heterocycles. The maximum atomic E-state index is 13.8. The zero-order valence-corrected chi connectivity index (χ0v) is 19.6. The molecule has 2 aliphatic rings. The van der Waals surface area contributed by atoms with Crippen molar-refractivity contribution in [1.82, 2.24) is 10.0 Å². The molecule has 2 aromatic carbocycles. The smallest absolute Gasteiger partial charge is 0.325 e. The van der Waals surface area contributed by atoms with Gasteiger partial charge in [-0.05, 0) is 55.5 Å². The molecule has 0 radical (unpaired) electrons. The van der Waals surface area contributed by atoms with Crippen molar-refractivity contribution in [3.63, 3.8) is 0 Å². The molecule has 0 spiro atoms. The van der Waals surface area contributed by atoms with E-state index in [0.717, 1.165) is 12.8 Å². The summed E-state index contributed by atoms with van der Waals surface area (Å²) < 4.78 is 5.28. The Kier molecular flexibility index (Phi) is 6.93. The van der Waals surface area contributed by atoms with E-state index in [9.17, 15) is 19.5 Å². The zero-order valence-electron chi connectivity index (χ0n) is 18.0. The molecule has 1 amide bonds. The van der Waals surface area contributed by atoms with E-state index in [1.54, 1.807) is 48.3 Å². The van der Waals surface area contributed by atoms with E-state index in [1.807, 2.05) is 0 Å². The van der Waals surface area contributed by atoms with Crippen molar-refractivity contribution < 1.29 is 24.2 Å². The molecule has 0 bridgehead atoms. The largest absolute Gasteiger partial charge is 0.481 e. The summed E-state index contributed by atoms with van der Waals surface area (Å²) in [6, 6.07) is 9.79. The predicted molar refractivity (Wildman–Crippen MR) is 123 cm³/mol. The average Bonchev–Trinajstić information content (AvgIpc) is 2.79. The minimum Gasteiger partial charge on any atom is -0.481 e. The number of carbonyl (C=O) groups is 3. The van der Waals surface area contributed by atoms with Crippen LogP contribution in [0, 0.1) is 0 Å². The van der Waals surface area contributed by atoms with Crippen molar-refractivity contribution in [1.29, 1.82) is 0 Å². The highest BCUT2D eigenvalue weighted by atomic mass is 35.5. The molecule has 1 N–H and O–H groups in total. The van der Waals surface area contributed by atoms with E-state index in [2.05, 4.69) is 0 Å². The minimum atomic E-state index is -1.10. The van der Waals surface area contributed by atoms with Crippen LogP contribution in [0.2, 0.25) is 10.0 Å². The number of aliphatic carboxylic acids is 1. The SMILES string of the molecule is CCOC(=O)C1CCCCN1N1C(=O)c2ccccc2C(C(=O)O)[C@@H]1c1ccc(Cl)cc1Cl. The highest BCUT2D eigenvalue weighted by Crippen LogP contribution is 2.47. The average molecular weight is 491 g/mol. The third-order valence-electron chi connectivity index (χ3n) is 6.17. The topological polar surface area (TPSA) is 87.2 Å². The summed E-state index contributed by atoms with van der Waals surface area (Å²) in [6.07, 6.45) is 2.05. The van der Waals surface area contributed by atoms with Gasteiger partial charge in [0, 0.05) is 22.2 Å². The molecule has 2 aliphatic heterocycles. The second-order valence-corrected chi connectivity index (χ2v) is 8.93. The number of hydrogen-bond acceptors (Lipinski definition) is 5. The second-order valence-electron chi connectivity index (χ2n) is 8.09. The number of carbonyl (C=O) groups excluding carboxylic acids is 2. The third kappa shape index (κ3) is 4.33. The van der Waals surface area contributed by atoms with E-state index in [0.29, 0.717) is 34.7 Å². The third-order valence-corrected chi connectivity index (χ3v) is 6.73. The van der Waals surface area contributed by atoms with Crippen LogP contribution in [0.25, 0.3) is 0 Å². The van der Waals surface area contributed by atoms with Gasteiger partial charge in [-0.1, -0.05) is 47.5 Å². The van der Waals surface area contributed by atoms with Gasteiger partial charge < -0.3 is 9.84 Å². The van der Waals surface area contributed by atoms with Crippen LogP contribution in [-0.4, -0.2) is 52.2 Å². The first-order valence-corrected chi connectivity index (χ1v) is 11.6. The Morgan fingerprint density at radius 1 is 1.12 bits per heavy atom. The number of esters is 1. The Morgan fingerprint density at radius 2 is 1.88 bits per heavy atom. The van der Waals surface area contributed by atoms with E-state index in [1.165, 1.54) is 11.1 Å². The number of carboxylic acids is 1. The molecule has 2 heterocycles. The van der Waals surface area contributed by atoms with Gasteiger partial charge in [0.15, 0.2) is 0 Å². The monoisotopic (exact) mass is 490 g/mol. The Labute approximate surface area is 201 Å². The van der Waals surface area contributed by atoms with Crippen LogP contribution in [0.1, 0.15) is 59.6 Å². The molecule has 7 nitrogen and oxygen atoms in total. The fourth-order valence-electron chi connectivity index (χ4n) is 4.77. The Balaban J connectivity index is 1.92. The molecule has 174 valence electrons. The van der Waals surface area contributed by atoms with Crippen molar-refractivity contribution in [2.45, 2.75) is 44.2 Å². The summed E-state index contributed by atoms with van der Waals surface area (Å²) in [6.45, 7) is 2.35. The highest BCUT2D eigenvalue weighted by Gasteiger charge is 2.49. The first kappa shape index (κ1) is 23.5. The zero-order chi connectivity index (χ0) is 23.7. The van der Waals surface area contributed by atoms with Crippen molar-refractivity contribution in [3.05, 3.63) is 69.2 Å². The van der Waals surface area contributed by atoms with E-state index < -0.39 is 29.9 Å². The van der Waals surface area contributed by atoms with Gasteiger partial charge in [-0.15, -0.1) is 0 Å². The van der Waals surface area contributed by atoms with E-state index in [4.69, 9.17) is 27.9 Å². The van der Waals surface area contributed by atoms with Gasteiger partial charge in [0.25, 0.3) is 5.91 Å². The summed E-state index contributed by atoms with van der Waals surface area (Å²) in [5.41, 5.74) is 1.15. The fourth-order valence-corrected chi connectivity index (χ4v) is 5.29. The van der Waals surface area contributed by atoms with E-state index in [-0.39, 0.29) is 17.5 Å². The first-order valence-electron chi connectivity index (χ1n) is 10.9. The van der Waals surface area contributed by atoms with Gasteiger partial charge in [-0.25, -0.2) is 5.01 Å². The number of rotatable bonds is 5. The summed E-state index contributed by atoms with van der Waals surface area (Å²) in [5, 5.41) is 14.0. The number of ether oxygens (including phenoxy) is 1. The number of benzene rings is 2. The second kappa shape index (κ2) is 9.71.